The van der Waals surface area contributed by atoms with Gasteiger partial charge in [0.1, 0.15) is 18.3 Å². The molecule has 1 N–H and O–H groups in total. The molecule has 2 amide bonds. The second kappa shape index (κ2) is 13.9. The number of carbonyl (C=O) groups is 2. The van der Waals surface area contributed by atoms with Crippen LogP contribution in [0.5, 0.6) is 5.75 Å². The Hall–Kier alpha value is -3.08. The third-order valence-corrected chi connectivity index (χ3v) is 10.0. The van der Waals surface area contributed by atoms with Crippen LogP contribution < -0.4 is 14.4 Å². The van der Waals surface area contributed by atoms with Crippen LogP contribution >= 0.6 is 27.5 Å². The molecule has 1 aliphatic carbocycles. The van der Waals surface area contributed by atoms with Crippen molar-refractivity contribution in [2.24, 2.45) is 0 Å². The summed E-state index contributed by atoms with van der Waals surface area (Å²) >= 11 is 9.58. The van der Waals surface area contributed by atoms with E-state index in [1.54, 1.807) is 55.5 Å². The van der Waals surface area contributed by atoms with Crippen LogP contribution in [0.25, 0.3) is 0 Å². The molecule has 4 rings (SSSR count). The van der Waals surface area contributed by atoms with Crippen molar-refractivity contribution in [3.8, 4) is 5.75 Å². The number of nitrogens with zero attached hydrogens (tertiary/aromatic N) is 2. The van der Waals surface area contributed by atoms with E-state index in [2.05, 4.69) is 21.2 Å². The van der Waals surface area contributed by atoms with E-state index < -0.39 is 28.5 Å². The normalized spacial score (nSPS) is 14.3. The van der Waals surface area contributed by atoms with Gasteiger partial charge in [-0.1, -0.05) is 54.3 Å². The fourth-order valence-corrected chi connectivity index (χ4v) is 7.33. The van der Waals surface area contributed by atoms with Crippen molar-refractivity contribution in [2.45, 2.75) is 63.1 Å². The van der Waals surface area contributed by atoms with Crippen molar-refractivity contribution in [2.75, 3.05) is 18.0 Å². The molecule has 1 aliphatic rings. The summed E-state index contributed by atoms with van der Waals surface area (Å²) in [7, 11) is -2.72. The van der Waals surface area contributed by atoms with Gasteiger partial charge in [-0.05, 0) is 90.6 Å². The number of hydrogen-bond acceptors (Lipinski definition) is 5. The maximum absolute atomic E-state index is 14.1. The van der Waals surface area contributed by atoms with Crippen molar-refractivity contribution in [3.05, 3.63) is 87.4 Å². The summed E-state index contributed by atoms with van der Waals surface area (Å²) in [5.74, 6) is -0.330. The number of carbonyl (C=O) groups excluding carboxylic acids is 2. The lowest BCUT2D eigenvalue weighted by Gasteiger charge is -2.32. The summed E-state index contributed by atoms with van der Waals surface area (Å²) in [4.78, 5) is 28.8. The lowest BCUT2D eigenvalue weighted by molar-refractivity contribution is -0.139. The van der Waals surface area contributed by atoms with Gasteiger partial charge >= 0.3 is 0 Å². The van der Waals surface area contributed by atoms with E-state index in [1.807, 2.05) is 13.0 Å². The summed E-state index contributed by atoms with van der Waals surface area (Å²) in [6.45, 7) is 3.12. The van der Waals surface area contributed by atoms with Crippen LogP contribution in [0, 0.1) is 6.92 Å². The lowest BCUT2D eigenvalue weighted by Crippen LogP contribution is -2.52. The Kier molecular flexibility index (Phi) is 10.6. The molecule has 42 heavy (non-hydrogen) atoms. The van der Waals surface area contributed by atoms with Gasteiger partial charge in [0, 0.05) is 17.6 Å². The minimum Gasteiger partial charge on any atom is -0.496 e. The fraction of sp³-hybridized carbons (Fsp3) is 0.355. The van der Waals surface area contributed by atoms with Crippen LogP contribution in [0.2, 0.25) is 5.02 Å². The molecule has 1 fully saturated rings. The predicted molar refractivity (Wildman–Crippen MR) is 168 cm³/mol. The first-order chi connectivity index (χ1) is 20.0. The number of anilines is 1. The highest BCUT2D eigenvalue weighted by Gasteiger charge is 2.33. The number of sulfonamides is 1. The Morgan fingerprint density at radius 3 is 2.38 bits per heavy atom. The maximum atomic E-state index is 14.1. The van der Waals surface area contributed by atoms with E-state index in [0.29, 0.717) is 20.9 Å². The average Bonchev–Trinajstić information content (AvgIpc) is 3.47. The number of halogens is 2. The van der Waals surface area contributed by atoms with Gasteiger partial charge in [0.2, 0.25) is 11.8 Å². The molecule has 0 aromatic heterocycles. The zero-order valence-electron chi connectivity index (χ0n) is 23.8. The van der Waals surface area contributed by atoms with E-state index in [0.717, 1.165) is 41.1 Å². The fourth-order valence-electron chi connectivity index (χ4n) is 4.98. The summed E-state index contributed by atoms with van der Waals surface area (Å²) in [6, 6.07) is 17.6. The second-order valence-corrected chi connectivity index (χ2v) is 13.6. The Morgan fingerprint density at radius 1 is 1.07 bits per heavy atom. The van der Waals surface area contributed by atoms with Crippen LogP contribution in [0.1, 0.15) is 43.7 Å². The molecule has 0 saturated heterocycles. The van der Waals surface area contributed by atoms with E-state index in [-0.39, 0.29) is 23.4 Å². The third-order valence-electron chi connectivity index (χ3n) is 7.42. The molecular weight excluding hydrogens is 642 g/mol. The topological polar surface area (TPSA) is 96.0 Å². The minimum atomic E-state index is -4.21. The highest BCUT2D eigenvalue weighted by atomic mass is 79.9. The molecule has 0 heterocycles. The summed E-state index contributed by atoms with van der Waals surface area (Å²) in [6.07, 6.45) is 3.90. The Morgan fingerprint density at radius 2 is 1.76 bits per heavy atom. The first kappa shape index (κ1) is 31.8. The van der Waals surface area contributed by atoms with Gasteiger partial charge in [-0.25, -0.2) is 8.42 Å². The van der Waals surface area contributed by atoms with Gasteiger partial charge in [-0.2, -0.15) is 0 Å². The smallest absolute Gasteiger partial charge is 0.264 e. The third kappa shape index (κ3) is 7.65. The van der Waals surface area contributed by atoms with Crippen molar-refractivity contribution in [1.82, 2.24) is 10.2 Å². The molecule has 0 bridgehead atoms. The monoisotopic (exact) mass is 675 g/mol. The molecular formula is C31H35BrClN3O5S. The molecule has 224 valence electrons. The second-order valence-electron chi connectivity index (χ2n) is 10.5. The number of amides is 2. The van der Waals surface area contributed by atoms with Crippen LogP contribution in [0.3, 0.4) is 0 Å². The van der Waals surface area contributed by atoms with Gasteiger partial charge in [-0.15, -0.1) is 0 Å². The molecule has 0 radical (unpaired) electrons. The number of rotatable bonds is 11. The van der Waals surface area contributed by atoms with Crippen molar-refractivity contribution < 1.29 is 22.7 Å². The Balaban J connectivity index is 1.70. The SMILES string of the molecule is COc1ccc(S(=O)(=O)N(CC(=O)N(Cc2cccc(Cl)c2)[C@@H](C)C(=O)NC2CCCC2)c2ccc(C)cc2)cc1Br. The number of nitrogens with one attached hydrogen (secondary N) is 1. The number of ether oxygens (including phenoxy) is 1. The number of hydrogen-bond donors (Lipinski definition) is 1. The zero-order valence-corrected chi connectivity index (χ0v) is 27.0. The van der Waals surface area contributed by atoms with E-state index in [4.69, 9.17) is 16.3 Å². The average molecular weight is 677 g/mol. The molecule has 3 aromatic carbocycles. The summed E-state index contributed by atoms with van der Waals surface area (Å²) in [5.41, 5.74) is 1.99. The van der Waals surface area contributed by atoms with Crippen LogP contribution in [0.15, 0.2) is 76.1 Å². The largest absolute Gasteiger partial charge is 0.496 e. The standard InChI is InChI=1S/C31H35BrClN3O5S/c1-21-11-13-26(14-12-21)36(42(39,40)27-15-16-29(41-3)28(32)18-27)20-30(37)35(19-23-7-6-8-24(33)17-23)22(2)31(38)34-25-9-4-5-10-25/h6-8,11-18,22,25H,4-5,9-10,19-20H2,1-3H3,(H,34,38)/t22-/m0/s1. The van der Waals surface area contributed by atoms with E-state index in [9.17, 15) is 18.0 Å². The minimum absolute atomic E-state index is 0.0167. The molecule has 0 spiro atoms. The molecule has 1 atom stereocenters. The Bertz CT molecular complexity index is 1530. The highest BCUT2D eigenvalue weighted by Crippen LogP contribution is 2.31. The van der Waals surface area contributed by atoms with Gasteiger partial charge in [-0.3, -0.25) is 13.9 Å². The van der Waals surface area contributed by atoms with Crippen LogP contribution in [0.4, 0.5) is 5.69 Å². The summed E-state index contributed by atoms with van der Waals surface area (Å²) in [5, 5.41) is 3.56. The Labute approximate surface area is 261 Å². The van der Waals surface area contributed by atoms with E-state index >= 15 is 0 Å². The molecule has 1 saturated carbocycles. The van der Waals surface area contributed by atoms with Crippen molar-refractivity contribution in [3.63, 3.8) is 0 Å². The van der Waals surface area contributed by atoms with Gasteiger partial charge in [0.25, 0.3) is 10.0 Å². The zero-order chi connectivity index (χ0) is 30.4. The molecule has 0 aliphatic heterocycles. The van der Waals surface area contributed by atoms with Crippen molar-refractivity contribution >= 4 is 55.1 Å². The quantitative estimate of drug-likeness (QED) is 0.265. The van der Waals surface area contributed by atoms with E-state index in [1.165, 1.54) is 24.1 Å². The predicted octanol–water partition coefficient (Wildman–Crippen LogP) is 6.09. The molecule has 0 unspecified atom stereocenters. The maximum Gasteiger partial charge on any atom is 0.264 e. The first-order valence-corrected chi connectivity index (χ1v) is 16.4. The van der Waals surface area contributed by atoms with Gasteiger partial charge < -0.3 is 15.0 Å². The number of benzene rings is 3. The van der Waals surface area contributed by atoms with Crippen molar-refractivity contribution in [1.29, 1.82) is 0 Å². The van der Waals surface area contributed by atoms with Gasteiger partial charge in [0.05, 0.1) is 22.2 Å². The first-order valence-electron chi connectivity index (χ1n) is 13.8. The van der Waals surface area contributed by atoms with Gasteiger partial charge in [0.15, 0.2) is 0 Å². The number of aryl methyl sites for hydroxylation is 1. The van der Waals surface area contributed by atoms with Crippen LogP contribution in [-0.2, 0) is 26.2 Å². The van der Waals surface area contributed by atoms with Crippen LogP contribution in [-0.4, -0.2) is 50.9 Å². The summed E-state index contributed by atoms with van der Waals surface area (Å²) < 4.78 is 34.9. The molecule has 11 heteroatoms. The number of methoxy groups -OCH3 is 1. The lowest BCUT2D eigenvalue weighted by atomic mass is 10.1. The molecule has 3 aromatic rings. The molecule has 8 nitrogen and oxygen atoms in total. The highest BCUT2D eigenvalue weighted by molar-refractivity contribution is 9.10.